The molecule has 0 heterocycles. The number of halogens is 1. The summed E-state index contributed by atoms with van der Waals surface area (Å²) in [5.74, 6) is -0.730. The van der Waals surface area contributed by atoms with Gasteiger partial charge in [0.15, 0.2) is 0 Å². The number of anilines is 1. The minimum Gasteiger partial charge on any atom is -0.315 e. The average molecular weight is 305 g/mol. The molecule has 1 atom stereocenters. The van der Waals surface area contributed by atoms with E-state index in [9.17, 15) is 13.4 Å². The van der Waals surface area contributed by atoms with E-state index in [4.69, 9.17) is 0 Å². The fourth-order valence-corrected chi connectivity index (χ4v) is 3.02. The molecule has 0 saturated carbocycles. The minimum atomic E-state index is -1.44. The van der Waals surface area contributed by atoms with E-state index < -0.39 is 16.6 Å². The van der Waals surface area contributed by atoms with Gasteiger partial charge in [-0.15, -0.1) is 0 Å². The first-order valence-electron chi connectivity index (χ1n) is 6.48. The van der Waals surface area contributed by atoms with E-state index in [0.717, 1.165) is 5.69 Å². The van der Waals surface area contributed by atoms with Crippen LogP contribution in [-0.2, 0) is 21.3 Å². The predicted octanol–water partition coefficient (Wildman–Crippen LogP) is 2.74. The molecule has 0 bridgehead atoms. The maximum Gasteiger partial charge on any atom is 0.239 e. The molecule has 0 N–H and O–H groups in total. The van der Waals surface area contributed by atoms with Crippen LogP contribution in [0.15, 0.2) is 54.6 Å². The molecule has 0 aromatic heterocycles. The third-order valence-electron chi connectivity index (χ3n) is 3.08. The van der Waals surface area contributed by atoms with Crippen LogP contribution in [0.25, 0.3) is 0 Å². The SMILES string of the molecule is CN(C(=O)CS(=O)Cc1ccccc1F)c1ccccc1. The van der Waals surface area contributed by atoms with Gasteiger partial charge in [0.25, 0.3) is 0 Å². The minimum absolute atomic E-state index is 0.0427. The lowest BCUT2D eigenvalue weighted by molar-refractivity contribution is -0.115. The summed E-state index contributed by atoms with van der Waals surface area (Å²) in [7, 11) is 0.200. The molecule has 1 unspecified atom stereocenters. The topological polar surface area (TPSA) is 37.4 Å². The molecule has 2 aromatic rings. The van der Waals surface area contributed by atoms with Gasteiger partial charge in [0.2, 0.25) is 5.91 Å². The van der Waals surface area contributed by atoms with Crippen LogP contribution in [-0.4, -0.2) is 22.9 Å². The van der Waals surface area contributed by atoms with Gasteiger partial charge in [-0.1, -0.05) is 36.4 Å². The van der Waals surface area contributed by atoms with E-state index in [0.29, 0.717) is 5.56 Å². The van der Waals surface area contributed by atoms with Gasteiger partial charge in [-0.05, 0) is 18.2 Å². The lowest BCUT2D eigenvalue weighted by atomic mass is 10.2. The Kier molecular flexibility index (Phi) is 5.22. The Balaban J connectivity index is 1.97. The Bertz CT molecular complexity index is 646. The Morgan fingerprint density at radius 1 is 1.10 bits per heavy atom. The molecule has 110 valence electrons. The standard InChI is InChI=1S/C16H16FNO2S/c1-18(14-8-3-2-4-9-14)16(19)12-21(20)11-13-7-5-6-10-15(13)17/h2-10H,11-12H2,1H3. The van der Waals surface area contributed by atoms with Crippen molar-refractivity contribution < 1.29 is 13.4 Å². The van der Waals surface area contributed by atoms with Gasteiger partial charge in [0.05, 0.1) is 5.75 Å². The number of carbonyl (C=O) groups excluding carboxylic acids is 1. The van der Waals surface area contributed by atoms with Crippen molar-refractivity contribution in [2.75, 3.05) is 17.7 Å². The van der Waals surface area contributed by atoms with E-state index >= 15 is 0 Å². The Morgan fingerprint density at radius 2 is 1.71 bits per heavy atom. The van der Waals surface area contributed by atoms with Gasteiger partial charge in [-0.3, -0.25) is 9.00 Å². The van der Waals surface area contributed by atoms with Crippen molar-refractivity contribution in [2.45, 2.75) is 5.75 Å². The molecular weight excluding hydrogens is 289 g/mol. The van der Waals surface area contributed by atoms with Crippen LogP contribution in [0.5, 0.6) is 0 Å². The quantitative estimate of drug-likeness (QED) is 0.852. The van der Waals surface area contributed by atoms with Gasteiger partial charge < -0.3 is 4.90 Å². The molecule has 0 fully saturated rings. The van der Waals surface area contributed by atoms with Crippen molar-refractivity contribution in [3.05, 3.63) is 66.0 Å². The first-order valence-corrected chi connectivity index (χ1v) is 7.96. The van der Waals surface area contributed by atoms with Crippen LogP contribution in [0, 0.1) is 5.82 Å². The van der Waals surface area contributed by atoms with Crippen LogP contribution in [0.3, 0.4) is 0 Å². The average Bonchev–Trinajstić information content (AvgIpc) is 2.49. The molecule has 2 aromatic carbocycles. The number of hydrogen-bond acceptors (Lipinski definition) is 2. The van der Waals surface area contributed by atoms with Crippen molar-refractivity contribution in [1.29, 1.82) is 0 Å². The molecule has 0 aliphatic rings. The number of nitrogens with zero attached hydrogens (tertiary/aromatic N) is 1. The van der Waals surface area contributed by atoms with Crippen LogP contribution >= 0.6 is 0 Å². The fourth-order valence-electron chi connectivity index (χ4n) is 1.87. The van der Waals surface area contributed by atoms with Crippen molar-refractivity contribution in [1.82, 2.24) is 0 Å². The zero-order valence-electron chi connectivity index (χ0n) is 11.7. The van der Waals surface area contributed by atoms with Gasteiger partial charge in [0, 0.05) is 29.1 Å². The van der Waals surface area contributed by atoms with Gasteiger partial charge in [-0.2, -0.15) is 0 Å². The summed E-state index contributed by atoms with van der Waals surface area (Å²) in [5, 5.41) is 0. The molecule has 3 nitrogen and oxygen atoms in total. The fraction of sp³-hybridized carbons (Fsp3) is 0.188. The van der Waals surface area contributed by atoms with Crippen molar-refractivity contribution in [2.24, 2.45) is 0 Å². The van der Waals surface area contributed by atoms with Crippen LogP contribution in [0.2, 0.25) is 0 Å². The molecule has 2 rings (SSSR count). The summed E-state index contributed by atoms with van der Waals surface area (Å²) < 4.78 is 25.5. The summed E-state index contributed by atoms with van der Waals surface area (Å²) in [5.41, 5.74) is 1.11. The summed E-state index contributed by atoms with van der Waals surface area (Å²) >= 11 is 0. The molecule has 0 saturated heterocycles. The van der Waals surface area contributed by atoms with Crippen molar-refractivity contribution in [3.63, 3.8) is 0 Å². The van der Waals surface area contributed by atoms with E-state index in [1.165, 1.54) is 11.0 Å². The summed E-state index contributed by atoms with van der Waals surface area (Å²) in [4.78, 5) is 13.5. The first-order chi connectivity index (χ1) is 10.1. The second-order valence-electron chi connectivity index (χ2n) is 4.61. The molecule has 1 amide bonds. The number of rotatable bonds is 5. The highest BCUT2D eigenvalue weighted by atomic mass is 32.2. The van der Waals surface area contributed by atoms with Crippen LogP contribution in [0.4, 0.5) is 10.1 Å². The number of benzene rings is 2. The molecule has 0 aliphatic carbocycles. The number of hydrogen-bond donors (Lipinski definition) is 0. The second-order valence-corrected chi connectivity index (χ2v) is 6.07. The third-order valence-corrected chi connectivity index (χ3v) is 4.28. The van der Waals surface area contributed by atoms with E-state index in [1.54, 1.807) is 37.4 Å². The monoisotopic (exact) mass is 305 g/mol. The van der Waals surface area contributed by atoms with Gasteiger partial charge in [0.1, 0.15) is 11.6 Å². The predicted molar refractivity (Wildman–Crippen MR) is 83.0 cm³/mol. The molecule has 0 aliphatic heterocycles. The molecular formula is C16H16FNO2S. The highest BCUT2D eigenvalue weighted by Crippen LogP contribution is 2.13. The van der Waals surface area contributed by atoms with Crippen LogP contribution in [0.1, 0.15) is 5.56 Å². The number of para-hydroxylation sites is 1. The largest absolute Gasteiger partial charge is 0.315 e. The first kappa shape index (κ1) is 15.4. The Morgan fingerprint density at radius 3 is 2.38 bits per heavy atom. The zero-order valence-corrected chi connectivity index (χ0v) is 12.5. The third kappa shape index (κ3) is 4.23. The number of amides is 1. The second kappa shape index (κ2) is 7.13. The highest BCUT2D eigenvalue weighted by molar-refractivity contribution is 7.84. The molecule has 21 heavy (non-hydrogen) atoms. The highest BCUT2D eigenvalue weighted by Gasteiger charge is 2.15. The van der Waals surface area contributed by atoms with E-state index in [-0.39, 0.29) is 17.4 Å². The Hall–Kier alpha value is -2.01. The number of carbonyl (C=O) groups is 1. The normalized spacial score (nSPS) is 11.9. The lowest BCUT2D eigenvalue weighted by Crippen LogP contribution is -2.31. The molecule has 0 radical (unpaired) electrons. The maximum atomic E-state index is 13.5. The van der Waals surface area contributed by atoms with E-state index in [2.05, 4.69) is 0 Å². The summed E-state index contributed by atoms with van der Waals surface area (Å²) in [6.07, 6.45) is 0. The Labute approximate surface area is 125 Å². The molecule has 0 spiro atoms. The van der Waals surface area contributed by atoms with E-state index in [1.807, 2.05) is 18.2 Å². The van der Waals surface area contributed by atoms with Crippen molar-refractivity contribution >= 4 is 22.4 Å². The maximum absolute atomic E-state index is 13.5. The summed E-state index contributed by atoms with van der Waals surface area (Å²) in [6.45, 7) is 0. The van der Waals surface area contributed by atoms with Crippen LogP contribution < -0.4 is 4.90 Å². The van der Waals surface area contributed by atoms with Crippen molar-refractivity contribution in [3.8, 4) is 0 Å². The summed E-state index contributed by atoms with van der Waals surface area (Å²) in [6, 6.07) is 15.3. The zero-order chi connectivity index (χ0) is 15.2. The molecule has 5 heteroatoms. The smallest absolute Gasteiger partial charge is 0.239 e. The lowest BCUT2D eigenvalue weighted by Gasteiger charge is -2.17. The van der Waals surface area contributed by atoms with Gasteiger partial charge in [-0.25, -0.2) is 4.39 Å². The van der Waals surface area contributed by atoms with Gasteiger partial charge >= 0.3 is 0 Å².